The highest BCUT2D eigenvalue weighted by atomic mass is 15.2. The summed E-state index contributed by atoms with van der Waals surface area (Å²) in [6.07, 6.45) is 7.81. The van der Waals surface area contributed by atoms with Gasteiger partial charge in [0.2, 0.25) is 0 Å². The summed E-state index contributed by atoms with van der Waals surface area (Å²) in [5.41, 5.74) is 2.74. The number of hydrogen-bond acceptors (Lipinski definition) is 3. The van der Waals surface area contributed by atoms with Gasteiger partial charge < -0.3 is 4.90 Å². The van der Waals surface area contributed by atoms with E-state index in [1.165, 1.54) is 43.5 Å². The molecule has 1 aromatic heterocycles. The van der Waals surface area contributed by atoms with Crippen molar-refractivity contribution < 1.29 is 0 Å². The van der Waals surface area contributed by atoms with Crippen molar-refractivity contribution in [1.82, 2.24) is 14.8 Å². The van der Waals surface area contributed by atoms with Crippen molar-refractivity contribution in [3.05, 3.63) is 29.6 Å². The summed E-state index contributed by atoms with van der Waals surface area (Å²) in [5.74, 6) is 0. The van der Waals surface area contributed by atoms with Gasteiger partial charge in [-0.15, -0.1) is 0 Å². The molecule has 100 valence electrons. The third kappa shape index (κ3) is 3.53. The lowest BCUT2D eigenvalue weighted by Crippen LogP contribution is -2.30. The zero-order chi connectivity index (χ0) is 13.0. The van der Waals surface area contributed by atoms with Crippen LogP contribution < -0.4 is 0 Å². The van der Waals surface area contributed by atoms with Gasteiger partial charge in [-0.3, -0.25) is 9.88 Å². The van der Waals surface area contributed by atoms with Gasteiger partial charge in [0.1, 0.15) is 0 Å². The summed E-state index contributed by atoms with van der Waals surface area (Å²) in [7, 11) is 4.40. The van der Waals surface area contributed by atoms with Crippen LogP contribution in [0.4, 0.5) is 0 Å². The molecule has 0 amide bonds. The van der Waals surface area contributed by atoms with Crippen molar-refractivity contribution in [1.29, 1.82) is 0 Å². The zero-order valence-electron chi connectivity index (χ0n) is 11.9. The molecule has 0 spiro atoms. The molecule has 0 N–H and O–H groups in total. The molecule has 2 rings (SSSR count). The number of likely N-dealkylation sites (tertiary alicyclic amines) is 1. The lowest BCUT2D eigenvalue weighted by Gasteiger charge is -2.23. The molecule has 0 saturated carbocycles. The van der Waals surface area contributed by atoms with E-state index in [1.807, 2.05) is 12.4 Å². The molecule has 0 unspecified atom stereocenters. The van der Waals surface area contributed by atoms with Crippen LogP contribution in [0.1, 0.15) is 30.4 Å². The van der Waals surface area contributed by atoms with Crippen molar-refractivity contribution in [2.75, 3.05) is 27.2 Å². The van der Waals surface area contributed by atoms with Gasteiger partial charge in [0.05, 0.1) is 0 Å². The molecule has 0 radical (unpaired) electrons. The standard InChI is InChI=1S/C15H25N3/c1-13-11-16-8-6-14(13)12-18-9-4-5-15(7-10-18)17(2)3/h6,8,11,15H,4-5,7,9-10,12H2,1-3H3/t15-/m1/s1. The van der Waals surface area contributed by atoms with Gasteiger partial charge >= 0.3 is 0 Å². The number of nitrogens with zero attached hydrogens (tertiary/aromatic N) is 3. The molecule has 3 nitrogen and oxygen atoms in total. The topological polar surface area (TPSA) is 19.4 Å². The minimum atomic E-state index is 0.758. The number of hydrogen-bond donors (Lipinski definition) is 0. The first-order chi connectivity index (χ1) is 8.66. The summed E-state index contributed by atoms with van der Waals surface area (Å²) in [4.78, 5) is 9.13. The number of aryl methyl sites for hydroxylation is 1. The fourth-order valence-electron chi connectivity index (χ4n) is 2.73. The van der Waals surface area contributed by atoms with Crippen LogP contribution in [0.3, 0.4) is 0 Å². The Hall–Kier alpha value is -0.930. The minimum absolute atomic E-state index is 0.758. The first-order valence-electron chi connectivity index (χ1n) is 6.95. The van der Waals surface area contributed by atoms with Gasteiger partial charge in [-0.05, 0) is 70.6 Å². The molecule has 1 saturated heterocycles. The Morgan fingerprint density at radius 2 is 2.17 bits per heavy atom. The fraction of sp³-hybridized carbons (Fsp3) is 0.667. The summed E-state index contributed by atoms with van der Waals surface area (Å²) in [5, 5.41) is 0. The van der Waals surface area contributed by atoms with Gasteiger partial charge in [0.25, 0.3) is 0 Å². The minimum Gasteiger partial charge on any atom is -0.306 e. The van der Waals surface area contributed by atoms with Crippen LogP contribution in [0.15, 0.2) is 18.5 Å². The average Bonchev–Trinajstić information content (AvgIpc) is 2.58. The van der Waals surface area contributed by atoms with Crippen LogP contribution in [0.2, 0.25) is 0 Å². The van der Waals surface area contributed by atoms with E-state index in [9.17, 15) is 0 Å². The fourth-order valence-corrected chi connectivity index (χ4v) is 2.73. The predicted octanol–water partition coefficient (Wildman–Crippen LogP) is 2.31. The SMILES string of the molecule is Cc1cnccc1CN1CCC[C@@H](N(C)C)CC1. The second-order valence-corrected chi connectivity index (χ2v) is 5.63. The molecule has 1 aliphatic heterocycles. The van der Waals surface area contributed by atoms with Crippen LogP contribution in [0, 0.1) is 6.92 Å². The maximum absolute atomic E-state index is 4.17. The van der Waals surface area contributed by atoms with Crippen LogP contribution in [-0.4, -0.2) is 48.0 Å². The van der Waals surface area contributed by atoms with Crippen molar-refractivity contribution in [3.8, 4) is 0 Å². The Morgan fingerprint density at radius 3 is 2.89 bits per heavy atom. The van der Waals surface area contributed by atoms with Gasteiger partial charge in [0, 0.05) is 25.0 Å². The van der Waals surface area contributed by atoms with Gasteiger partial charge in [-0.1, -0.05) is 0 Å². The average molecular weight is 247 g/mol. The maximum atomic E-state index is 4.17. The quantitative estimate of drug-likeness (QED) is 0.817. The normalized spacial score (nSPS) is 22.1. The Labute approximate surface area is 111 Å². The molecular formula is C15H25N3. The molecule has 0 bridgehead atoms. The molecule has 2 heterocycles. The lowest BCUT2D eigenvalue weighted by molar-refractivity contribution is 0.245. The first kappa shape index (κ1) is 13.5. The molecule has 3 heteroatoms. The molecule has 0 aliphatic carbocycles. The lowest BCUT2D eigenvalue weighted by atomic mass is 10.1. The van der Waals surface area contributed by atoms with Crippen molar-refractivity contribution >= 4 is 0 Å². The Bertz CT molecular complexity index is 376. The van der Waals surface area contributed by atoms with Crippen LogP contribution >= 0.6 is 0 Å². The second-order valence-electron chi connectivity index (χ2n) is 5.63. The molecular weight excluding hydrogens is 222 g/mol. The largest absolute Gasteiger partial charge is 0.306 e. The third-order valence-electron chi connectivity index (χ3n) is 4.05. The highest BCUT2D eigenvalue weighted by Gasteiger charge is 2.18. The third-order valence-corrected chi connectivity index (χ3v) is 4.05. The Kier molecular flexibility index (Phi) is 4.72. The molecule has 1 atom stereocenters. The van der Waals surface area contributed by atoms with Gasteiger partial charge in [0.15, 0.2) is 0 Å². The van der Waals surface area contributed by atoms with E-state index >= 15 is 0 Å². The molecule has 1 aliphatic rings. The van der Waals surface area contributed by atoms with E-state index in [-0.39, 0.29) is 0 Å². The molecule has 1 aromatic rings. The van der Waals surface area contributed by atoms with Crippen molar-refractivity contribution in [2.24, 2.45) is 0 Å². The molecule has 0 aromatic carbocycles. The Morgan fingerprint density at radius 1 is 1.33 bits per heavy atom. The van der Waals surface area contributed by atoms with Crippen LogP contribution in [0.5, 0.6) is 0 Å². The first-order valence-corrected chi connectivity index (χ1v) is 6.95. The van der Waals surface area contributed by atoms with Gasteiger partial charge in [-0.25, -0.2) is 0 Å². The summed E-state index contributed by atoms with van der Waals surface area (Å²) in [6, 6.07) is 2.91. The summed E-state index contributed by atoms with van der Waals surface area (Å²) >= 11 is 0. The van der Waals surface area contributed by atoms with E-state index in [2.05, 4.69) is 41.9 Å². The van der Waals surface area contributed by atoms with E-state index < -0.39 is 0 Å². The van der Waals surface area contributed by atoms with E-state index in [4.69, 9.17) is 0 Å². The maximum Gasteiger partial charge on any atom is 0.0300 e. The smallest absolute Gasteiger partial charge is 0.0300 e. The van der Waals surface area contributed by atoms with Crippen molar-refractivity contribution in [2.45, 2.75) is 38.8 Å². The molecule has 18 heavy (non-hydrogen) atoms. The highest BCUT2D eigenvalue weighted by molar-refractivity contribution is 5.21. The molecule has 1 fully saturated rings. The van der Waals surface area contributed by atoms with Gasteiger partial charge in [-0.2, -0.15) is 0 Å². The highest BCUT2D eigenvalue weighted by Crippen LogP contribution is 2.17. The summed E-state index contributed by atoms with van der Waals surface area (Å²) in [6.45, 7) is 5.67. The van der Waals surface area contributed by atoms with Crippen LogP contribution in [0.25, 0.3) is 0 Å². The predicted molar refractivity (Wildman–Crippen MR) is 75.6 cm³/mol. The van der Waals surface area contributed by atoms with Crippen molar-refractivity contribution in [3.63, 3.8) is 0 Å². The van der Waals surface area contributed by atoms with Crippen LogP contribution in [-0.2, 0) is 6.54 Å². The van der Waals surface area contributed by atoms with E-state index in [0.29, 0.717) is 0 Å². The number of pyridine rings is 1. The zero-order valence-corrected chi connectivity index (χ0v) is 11.9. The second kappa shape index (κ2) is 6.30. The number of rotatable bonds is 3. The monoisotopic (exact) mass is 247 g/mol. The summed E-state index contributed by atoms with van der Waals surface area (Å²) < 4.78 is 0. The Balaban J connectivity index is 1.93. The van der Waals surface area contributed by atoms with E-state index in [0.717, 1.165) is 12.6 Å². The van der Waals surface area contributed by atoms with E-state index in [1.54, 1.807) is 0 Å². The number of aromatic nitrogens is 1.